The van der Waals surface area contributed by atoms with Crippen LogP contribution in [0.25, 0.3) is 11.0 Å². The first kappa shape index (κ1) is 22.0. The molecule has 1 N–H and O–H groups in total. The fourth-order valence-electron chi connectivity index (χ4n) is 5.65. The minimum absolute atomic E-state index is 0.116. The van der Waals surface area contributed by atoms with E-state index in [0.717, 1.165) is 62.2 Å². The summed E-state index contributed by atoms with van der Waals surface area (Å²) in [5, 5.41) is 3.50. The van der Waals surface area contributed by atoms with Crippen LogP contribution in [0.5, 0.6) is 0 Å². The van der Waals surface area contributed by atoms with Crippen LogP contribution in [-0.2, 0) is 17.6 Å². The van der Waals surface area contributed by atoms with Gasteiger partial charge in [-0.05, 0) is 69.8 Å². The summed E-state index contributed by atoms with van der Waals surface area (Å²) in [6.07, 6.45) is 4.73. The first-order valence-electron chi connectivity index (χ1n) is 12.2. The Hall–Kier alpha value is -2.86. The van der Waals surface area contributed by atoms with Gasteiger partial charge in [0, 0.05) is 23.6 Å². The molecule has 174 valence electrons. The lowest BCUT2D eigenvalue weighted by Crippen LogP contribution is -2.42. The molecular formula is C27H34N4O2. The van der Waals surface area contributed by atoms with Gasteiger partial charge in [-0.3, -0.25) is 4.90 Å². The van der Waals surface area contributed by atoms with Crippen molar-refractivity contribution >= 4 is 22.8 Å². The summed E-state index contributed by atoms with van der Waals surface area (Å²) in [4.78, 5) is 19.7. The van der Waals surface area contributed by atoms with Crippen LogP contribution in [0.1, 0.15) is 62.0 Å². The predicted molar refractivity (Wildman–Crippen MR) is 132 cm³/mol. The molecule has 2 aliphatic rings. The third kappa shape index (κ3) is 4.01. The molecule has 2 atom stereocenters. The van der Waals surface area contributed by atoms with Crippen molar-refractivity contribution in [3.63, 3.8) is 0 Å². The number of ether oxygens (including phenoxy) is 1. The molecule has 2 aromatic carbocycles. The summed E-state index contributed by atoms with van der Waals surface area (Å²) < 4.78 is 7.63. The molecule has 0 saturated carbocycles. The van der Waals surface area contributed by atoms with E-state index >= 15 is 0 Å². The van der Waals surface area contributed by atoms with Gasteiger partial charge in [0.25, 0.3) is 0 Å². The van der Waals surface area contributed by atoms with Crippen LogP contribution < -0.4 is 10.2 Å². The lowest BCUT2D eigenvalue weighted by atomic mass is 9.95. The third-order valence-corrected chi connectivity index (χ3v) is 7.35. The van der Waals surface area contributed by atoms with E-state index in [1.54, 1.807) is 4.90 Å². The molecule has 1 aromatic heterocycles. The zero-order valence-corrected chi connectivity index (χ0v) is 19.9. The van der Waals surface area contributed by atoms with Crippen LogP contribution in [0.4, 0.5) is 10.5 Å². The molecule has 0 radical (unpaired) electrons. The van der Waals surface area contributed by atoms with E-state index in [2.05, 4.69) is 66.2 Å². The highest BCUT2D eigenvalue weighted by Crippen LogP contribution is 2.39. The van der Waals surface area contributed by atoms with E-state index < -0.39 is 0 Å². The maximum Gasteiger partial charge on any atom is 0.414 e. The van der Waals surface area contributed by atoms with E-state index in [9.17, 15) is 4.79 Å². The first-order valence-corrected chi connectivity index (χ1v) is 12.2. The second-order valence-corrected chi connectivity index (χ2v) is 9.57. The van der Waals surface area contributed by atoms with Gasteiger partial charge in [-0.1, -0.05) is 37.3 Å². The van der Waals surface area contributed by atoms with Crippen LogP contribution in [0.3, 0.4) is 0 Å². The lowest BCUT2D eigenvalue weighted by Gasteiger charge is -2.34. The second kappa shape index (κ2) is 9.18. The van der Waals surface area contributed by atoms with E-state index in [-0.39, 0.29) is 12.1 Å². The second-order valence-electron chi connectivity index (χ2n) is 9.57. The molecule has 33 heavy (non-hydrogen) atoms. The average Bonchev–Trinajstić information content (AvgIpc) is 3.25. The topological polar surface area (TPSA) is 59.4 Å². The number of fused-ring (bicyclic) bond motifs is 3. The van der Waals surface area contributed by atoms with E-state index in [1.165, 1.54) is 23.8 Å². The molecular weight excluding hydrogens is 412 g/mol. The van der Waals surface area contributed by atoms with Gasteiger partial charge in [-0.15, -0.1) is 0 Å². The number of aryl methyl sites for hydroxylation is 1. The van der Waals surface area contributed by atoms with Crippen LogP contribution in [0.2, 0.25) is 0 Å². The number of nitrogens with one attached hydrogen (secondary N) is 1. The Morgan fingerprint density at radius 3 is 2.64 bits per heavy atom. The highest BCUT2D eigenvalue weighted by Gasteiger charge is 2.33. The van der Waals surface area contributed by atoms with Gasteiger partial charge in [0.2, 0.25) is 0 Å². The number of rotatable bonds is 4. The van der Waals surface area contributed by atoms with Crippen molar-refractivity contribution in [3.05, 3.63) is 59.4 Å². The maximum atomic E-state index is 12.6. The minimum atomic E-state index is -0.293. The van der Waals surface area contributed by atoms with Gasteiger partial charge in [-0.2, -0.15) is 0 Å². The Balaban J connectivity index is 1.63. The van der Waals surface area contributed by atoms with Crippen molar-refractivity contribution < 1.29 is 9.53 Å². The third-order valence-electron chi connectivity index (χ3n) is 7.35. The summed E-state index contributed by atoms with van der Waals surface area (Å²) in [5.74, 6) is 1.46. The molecule has 0 unspecified atom stereocenters. The molecule has 2 aliphatic heterocycles. The summed E-state index contributed by atoms with van der Waals surface area (Å²) in [5.41, 5.74) is 5.72. The minimum Gasteiger partial charge on any atom is -0.452 e. The summed E-state index contributed by atoms with van der Waals surface area (Å²) in [6, 6.07) is 15.5. The normalized spacial score (nSPS) is 20.0. The average molecular weight is 447 g/mol. The SMILES string of the molecule is COC(=O)N1c2ccc3c(nc([C@@H](C)Cc4ccccc4)n3C3CCNCC3)c2CC[C@@H]1C. The number of hydrogen-bond donors (Lipinski definition) is 1. The van der Waals surface area contributed by atoms with Gasteiger partial charge < -0.3 is 14.6 Å². The van der Waals surface area contributed by atoms with Gasteiger partial charge in [-0.25, -0.2) is 9.78 Å². The highest BCUT2D eigenvalue weighted by molar-refractivity contribution is 5.95. The number of aromatic nitrogens is 2. The number of imidazole rings is 1. The molecule has 0 spiro atoms. The zero-order chi connectivity index (χ0) is 22.9. The summed E-state index contributed by atoms with van der Waals surface area (Å²) >= 11 is 0. The number of carbonyl (C=O) groups is 1. The fraction of sp³-hybridized carbons (Fsp3) is 0.481. The Bertz CT molecular complexity index is 1130. The van der Waals surface area contributed by atoms with Gasteiger partial charge >= 0.3 is 6.09 Å². The fourth-order valence-corrected chi connectivity index (χ4v) is 5.65. The molecule has 6 nitrogen and oxygen atoms in total. The van der Waals surface area contributed by atoms with Crippen molar-refractivity contribution in [1.82, 2.24) is 14.9 Å². The molecule has 3 aromatic rings. The molecule has 0 aliphatic carbocycles. The monoisotopic (exact) mass is 446 g/mol. The zero-order valence-electron chi connectivity index (χ0n) is 19.9. The molecule has 1 amide bonds. The number of carbonyl (C=O) groups excluding carboxylic acids is 1. The van der Waals surface area contributed by atoms with Crippen molar-refractivity contribution in [2.75, 3.05) is 25.1 Å². The van der Waals surface area contributed by atoms with E-state index in [4.69, 9.17) is 9.72 Å². The number of anilines is 1. The summed E-state index contributed by atoms with van der Waals surface area (Å²) in [6.45, 7) is 6.46. The largest absolute Gasteiger partial charge is 0.452 e. The van der Waals surface area contributed by atoms with Gasteiger partial charge in [0.15, 0.2) is 0 Å². The Kier molecular flexibility index (Phi) is 6.11. The standard InChI is InChI=1S/C27H34N4O2/c1-18(17-20-7-5-4-6-8-20)26-29-25-22-10-9-19(2)30(27(32)33-3)23(22)11-12-24(25)31(26)21-13-15-28-16-14-21/h4-8,11-12,18-19,21,28H,9-10,13-17H2,1-3H3/t18-,19-/m0/s1. The first-order chi connectivity index (χ1) is 16.1. The molecule has 5 rings (SSSR count). The quantitative estimate of drug-likeness (QED) is 0.597. The number of nitrogens with zero attached hydrogens (tertiary/aromatic N) is 3. The molecule has 6 heteroatoms. The van der Waals surface area contributed by atoms with Crippen molar-refractivity contribution in [1.29, 1.82) is 0 Å². The van der Waals surface area contributed by atoms with Gasteiger partial charge in [0.05, 0.1) is 23.8 Å². The maximum absolute atomic E-state index is 12.6. The van der Waals surface area contributed by atoms with E-state index in [1.807, 2.05) is 0 Å². The number of piperidine rings is 1. The van der Waals surface area contributed by atoms with Crippen molar-refractivity contribution in [3.8, 4) is 0 Å². The van der Waals surface area contributed by atoms with E-state index in [0.29, 0.717) is 12.0 Å². The number of hydrogen-bond acceptors (Lipinski definition) is 4. The number of methoxy groups -OCH3 is 1. The highest BCUT2D eigenvalue weighted by atomic mass is 16.5. The molecule has 3 heterocycles. The Morgan fingerprint density at radius 1 is 1.15 bits per heavy atom. The van der Waals surface area contributed by atoms with Crippen LogP contribution >= 0.6 is 0 Å². The smallest absolute Gasteiger partial charge is 0.414 e. The lowest BCUT2D eigenvalue weighted by molar-refractivity contribution is 0.175. The van der Waals surface area contributed by atoms with Crippen LogP contribution in [-0.4, -0.2) is 41.9 Å². The van der Waals surface area contributed by atoms with Crippen molar-refractivity contribution in [2.45, 2.75) is 64.0 Å². The molecule has 0 bridgehead atoms. The number of benzene rings is 2. The van der Waals surface area contributed by atoms with Crippen molar-refractivity contribution in [2.24, 2.45) is 0 Å². The van der Waals surface area contributed by atoms with Crippen LogP contribution in [0, 0.1) is 0 Å². The predicted octanol–water partition coefficient (Wildman–Crippen LogP) is 5.21. The Morgan fingerprint density at radius 2 is 1.91 bits per heavy atom. The number of amides is 1. The molecule has 1 saturated heterocycles. The summed E-state index contributed by atoms with van der Waals surface area (Å²) in [7, 11) is 1.46. The van der Waals surface area contributed by atoms with Gasteiger partial charge in [0.1, 0.15) is 5.82 Å². The molecule has 1 fully saturated rings. The Labute approximate surface area is 195 Å². The van der Waals surface area contributed by atoms with Crippen LogP contribution in [0.15, 0.2) is 42.5 Å².